The van der Waals surface area contributed by atoms with E-state index in [4.69, 9.17) is 0 Å². The first kappa shape index (κ1) is 26.5. The summed E-state index contributed by atoms with van der Waals surface area (Å²) in [6.07, 6.45) is 12.0. The SMILES string of the molecule is CC1(C)C2=C(CCC=C2)C2=C1C=C(c1ccc3cc(-c4ccc5ccc6ccc7c8ccccc8sc7c6c5c4)ccc3c1)CC2. The first-order valence-corrected chi connectivity index (χ1v) is 17.5. The van der Waals surface area contributed by atoms with Crippen LogP contribution in [0, 0.1) is 5.41 Å². The number of thiophene rings is 1. The fourth-order valence-corrected chi connectivity index (χ4v) is 9.93. The van der Waals surface area contributed by atoms with Crippen molar-refractivity contribution >= 4 is 69.4 Å². The van der Waals surface area contributed by atoms with E-state index >= 15 is 0 Å². The smallest absolute Gasteiger partial charge is 0.0440 e. The van der Waals surface area contributed by atoms with Gasteiger partial charge >= 0.3 is 0 Å². The third-order valence-corrected chi connectivity index (χ3v) is 12.3. The van der Waals surface area contributed by atoms with Crippen LogP contribution in [0.5, 0.6) is 0 Å². The Kier molecular flexibility index (Phi) is 5.55. The average molecular weight is 607 g/mol. The maximum Gasteiger partial charge on any atom is 0.0440 e. The van der Waals surface area contributed by atoms with Gasteiger partial charge < -0.3 is 0 Å². The van der Waals surface area contributed by atoms with Gasteiger partial charge in [-0.25, -0.2) is 0 Å². The summed E-state index contributed by atoms with van der Waals surface area (Å²) in [6, 6.07) is 39.1. The number of hydrogen-bond acceptors (Lipinski definition) is 1. The standard InChI is InChI=1S/C45H34S/c1-45(2)40-9-5-3-7-35(40)36-21-20-34(26-41(36)45)32-18-16-29-23-31(17-15-30(29)24-32)33-14-12-27-11-13-28-19-22-38-37-8-4-6-10-42(37)46-44(38)43(28)39(27)25-33/h4-6,8-19,22-26H,3,7,20-21H2,1-2H3. The van der Waals surface area contributed by atoms with Crippen LogP contribution < -0.4 is 0 Å². The Hall–Kier alpha value is -4.72. The van der Waals surface area contributed by atoms with E-state index in [9.17, 15) is 0 Å². The molecule has 1 heterocycles. The molecule has 6 aromatic carbocycles. The van der Waals surface area contributed by atoms with Crippen molar-refractivity contribution in [2.75, 3.05) is 0 Å². The highest BCUT2D eigenvalue weighted by Gasteiger charge is 2.39. The second-order valence-electron chi connectivity index (χ2n) is 13.9. The zero-order valence-corrected chi connectivity index (χ0v) is 27.1. The van der Waals surface area contributed by atoms with Crippen molar-refractivity contribution in [2.45, 2.75) is 39.5 Å². The summed E-state index contributed by atoms with van der Waals surface area (Å²) in [4.78, 5) is 0. The van der Waals surface area contributed by atoms with Crippen LogP contribution in [-0.4, -0.2) is 0 Å². The molecule has 220 valence electrons. The number of rotatable bonds is 2. The van der Waals surface area contributed by atoms with Crippen LogP contribution >= 0.6 is 11.3 Å². The summed E-state index contributed by atoms with van der Waals surface area (Å²) >= 11 is 1.92. The fraction of sp³-hybridized carbons (Fsp3) is 0.156. The Morgan fingerprint density at radius 3 is 2.15 bits per heavy atom. The molecule has 7 aromatic rings. The van der Waals surface area contributed by atoms with E-state index in [-0.39, 0.29) is 5.41 Å². The van der Waals surface area contributed by atoms with Crippen LogP contribution in [0.1, 0.15) is 45.1 Å². The van der Waals surface area contributed by atoms with Crippen molar-refractivity contribution in [1.82, 2.24) is 0 Å². The molecule has 0 unspecified atom stereocenters. The van der Waals surface area contributed by atoms with Gasteiger partial charge in [0, 0.05) is 31.0 Å². The highest BCUT2D eigenvalue weighted by atomic mass is 32.1. The Morgan fingerprint density at radius 1 is 0.565 bits per heavy atom. The summed E-state index contributed by atoms with van der Waals surface area (Å²) < 4.78 is 2.74. The Balaban J connectivity index is 1.05. The van der Waals surface area contributed by atoms with E-state index < -0.39 is 0 Å². The minimum atomic E-state index is 0.104. The van der Waals surface area contributed by atoms with Gasteiger partial charge in [-0.05, 0) is 121 Å². The van der Waals surface area contributed by atoms with E-state index in [0.29, 0.717) is 0 Å². The van der Waals surface area contributed by atoms with E-state index in [0.717, 1.165) is 6.42 Å². The summed E-state index contributed by atoms with van der Waals surface area (Å²) in [5, 5.41) is 10.6. The minimum absolute atomic E-state index is 0.104. The molecule has 1 aromatic heterocycles. The van der Waals surface area contributed by atoms with Gasteiger partial charge in [0.25, 0.3) is 0 Å². The monoisotopic (exact) mass is 606 g/mol. The molecule has 0 bridgehead atoms. The Labute approximate surface area is 273 Å². The Bertz CT molecular complexity index is 2590. The van der Waals surface area contributed by atoms with E-state index in [2.05, 4.69) is 135 Å². The second-order valence-corrected chi connectivity index (χ2v) is 15.0. The summed E-state index contributed by atoms with van der Waals surface area (Å²) in [5.74, 6) is 0. The lowest BCUT2D eigenvalue weighted by molar-refractivity contribution is 0.569. The molecule has 46 heavy (non-hydrogen) atoms. The summed E-state index contributed by atoms with van der Waals surface area (Å²) in [6.45, 7) is 4.84. The summed E-state index contributed by atoms with van der Waals surface area (Å²) in [5.41, 5.74) is 11.9. The molecule has 0 radical (unpaired) electrons. The van der Waals surface area contributed by atoms with Crippen molar-refractivity contribution in [3.05, 3.63) is 149 Å². The minimum Gasteiger partial charge on any atom is -0.135 e. The molecule has 10 rings (SSSR count). The zero-order chi connectivity index (χ0) is 30.6. The molecule has 0 spiro atoms. The van der Waals surface area contributed by atoms with Crippen LogP contribution in [0.3, 0.4) is 0 Å². The van der Waals surface area contributed by atoms with E-state index in [1.807, 2.05) is 11.3 Å². The van der Waals surface area contributed by atoms with E-state index in [1.54, 1.807) is 22.3 Å². The normalized spacial score (nSPS) is 17.5. The first-order chi connectivity index (χ1) is 22.5. The molecular weight excluding hydrogens is 573 g/mol. The number of hydrogen-bond donors (Lipinski definition) is 0. The van der Waals surface area contributed by atoms with Crippen LogP contribution in [0.15, 0.2) is 144 Å². The number of allylic oxidation sites excluding steroid dienone is 8. The predicted octanol–water partition coefficient (Wildman–Crippen LogP) is 13.3. The topological polar surface area (TPSA) is 0 Å². The van der Waals surface area contributed by atoms with Crippen molar-refractivity contribution in [1.29, 1.82) is 0 Å². The zero-order valence-electron chi connectivity index (χ0n) is 26.3. The Morgan fingerprint density at radius 2 is 1.26 bits per heavy atom. The third kappa shape index (κ3) is 3.79. The third-order valence-electron chi connectivity index (χ3n) is 11.1. The van der Waals surface area contributed by atoms with Gasteiger partial charge in [-0.1, -0.05) is 111 Å². The van der Waals surface area contributed by atoms with Gasteiger partial charge in [-0.15, -0.1) is 11.3 Å². The van der Waals surface area contributed by atoms with Gasteiger partial charge in [0.05, 0.1) is 0 Å². The molecule has 0 fully saturated rings. The molecule has 0 aliphatic heterocycles. The highest BCUT2D eigenvalue weighted by molar-refractivity contribution is 7.26. The maximum atomic E-state index is 2.54. The fourth-order valence-electron chi connectivity index (χ4n) is 8.66. The van der Waals surface area contributed by atoms with Gasteiger partial charge in [-0.2, -0.15) is 0 Å². The summed E-state index contributed by atoms with van der Waals surface area (Å²) in [7, 11) is 0. The first-order valence-electron chi connectivity index (χ1n) is 16.7. The van der Waals surface area contributed by atoms with Crippen LogP contribution in [0.4, 0.5) is 0 Å². The molecular formula is C45H34S. The molecule has 0 amide bonds. The predicted molar refractivity (Wildman–Crippen MR) is 201 cm³/mol. The van der Waals surface area contributed by atoms with Crippen molar-refractivity contribution in [2.24, 2.45) is 5.41 Å². The molecule has 0 atom stereocenters. The van der Waals surface area contributed by atoms with Crippen LogP contribution in [0.25, 0.3) is 69.2 Å². The molecule has 1 heteroatoms. The second kappa shape index (κ2) is 9.64. The van der Waals surface area contributed by atoms with Crippen LogP contribution in [0.2, 0.25) is 0 Å². The van der Waals surface area contributed by atoms with E-state index in [1.165, 1.54) is 94.0 Å². The average Bonchev–Trinajstić information content (AvgIpc) is 3.59. The number of benzene rings is 6. The van der Waals surface area contributed by atoms with Crippen molar-refractivity contribution in [3.63, 3.8) is 0 Å². The molecule has 3 aliphatic rings. The largest absolute Gasteiger partial charge is 0.135 e. The number of fused-ring (bicyclic) bond motifs is 9. The maximum absolute atomic E-state index is 2.54. The van der Waals surface area contributed by atoms with Crippen molar-refractivity contribution < 1.29 is 0 Å². The molecule has 0 nitrogen and oxygen atoms in total. The highest BCUT2D eigenvalue weighted by Crippen LogP contribution is 2.54. The molecule has 0 saturated heterocycles. The lowest BCUT2D eigenvalue weighted by atomic mass is 9.76. The molecule has 3 aliphatic carbocycles. The van der Waals surface area contributed by atoms with Gasteiger partial charge in [0.2, 0.25) is 0 Å². The lowest BCUT2D eigenvalue weighted by Crippen LogP contribution is -2.14. The van der Waals surface area contributed by atoms with Gasteiger partial charge in [0.1, 0.15) is 0 Å². The van der Waals surface area contributed by atoms with Gasteiger partial charge in [-0.3, -0.25) is 0 Å². The van der Waals surface area contributed by atoms with Crippen LogP contribution in [-0.2, 0) is 0 Å². The molecule has 0 N–H and O–H groups in total. The van der Waals surface area contributed by atoms with Crippen molar-refractivity contribution in [3.8, 4) is 11.1 Å². The lowest BCUT2D eigenvalue weighted by Gasteiger charge is -2.27. The quantitative estimate of drug-likeness (QED) is 0.172. The van der Waals surface area contributed by atoms with Gasteiger partial charge in [0.15, 0.2) is 0 Å². The molecule has 0 saturated carbocycles.